The SMILES string of the molecule is CCC(=O)NCCS(=O)(=O)CCO. The minimum Gasteiger partial charge on any atom is -0.395 e. The highest BCUT2D eigenvalue weighted by molar-refractivity contribution is 7.91. The lowest BCUT2D eigenvalue weighted by molar-refractivity contribution is -0.120. The Bertz CT molecular complexity index is 247. The first kappa shape index (κ1) is 12.4. The van der Waals surface area contributed by atoms with Crippen LogP contribution in [0, 0.1) is 0 Å². The molecule has 0 aromatic rings. The monoisotopic (exact) mass is 209 g/mol. The Hall–Kier alpha value is -0.620. The number of carbonyl (C=O) groups excluding carboxylic acids is 1. The second-order valence-electron chi connectivity index (χ2n) is 2.58. The highest BCUT2D eigenvalue weighted by Gasteiger charge is 2.09. The molecule has 0 fully saturated rings. The van der Waals surface area contributed by atoms with Gasteiger partial charge in [0, 0.05) is 13.0 Å². The third-order valence-corrected chi connectivity index (χ3v) is 3.09. The maximum atomic E-state index is 11.0. The number of sulfone groups is 1. The summed E-state index contributed by atoms with van der Waals surface area (Å²) in [6.45, 7) is 1.44. The molecule has 1 amide bonds. The number of amides is 1. The highest BCUT2D eigenvalue weighted by Crippen LogP contribution is 1.87. The Morgan fingerprint density at radius 2 is 2.00 bits per heavy atom. The van der Waals surface area contributed by atoms with Crippen molar-refractivity contribution in [3.8, 4) is 0 Å². The van der Waals surface area contributed by atoms with E-state index in [1.807, 2.05) is 0 Å². The van der Waals surface area contributed by atoms with E-state index in [1.54, 1.807) is 6.92 Å². The molecular weight excluding hydrogens is 194 g/mol. The van der Waals surface area contributed by atoms with Crippen LogP contribution in [-0.2, 0) is 14.6 Å². The van der Waals surface area contributed by atoms with E-state index < -0.39 is 9.84 Å². The van der Waals surface area contributed by atoms with Crippen molar-refractivity contribution in [2.75, 3.05) is 24.7 Å². The molecule has 5 nitrogen and oxygen atoms in total. The smallest absolute Gasteiger partial charge is 0.219 e. The van der Waals surface area contributed by atoms with E-state index in [-0.39, 0.29) is 30.6 Å². The second-order valence-corrected chi connectivity index (χ2v) is 4.88. The van der Waals surface area contributed by atoms with Crippen LogP contribution in [0.25, 0.3) is 0 Å². The molecule has 0 heterocycles. The summed E-state index contributed by atoms with van der Waals surface area (Å²) in [6.07, 6.45) is 0.347. The quantitative estimate of drug-likeness (QED) is 0.583. The fraction of sp³-hybridized carbons (Fsp3) is 0.857. The maximum absolute atomic E-state index is 11.0. The number of carbonyl (C=O) groups is 1. The summed E-state index contributed by atoms with van der Waals surface area (Å²) in [6, 6.07) is 0. The van der Waals surface area contributed by atoms with Gasteiger partial charge in [0.2, 0.25) is 5.91 Å². The van der Waals surface area contributed by atoms with Gasteiger partial charge in [-0.1, -0.05) is 6.92 Å². The third kappa shape index (κ3) is 6.53. The van der Waals surface area contributed by atoms with Gasteiger partial charge in [-0.2, -0.15) is 0 Å². The van der Waals surface area contributed by atoms with Crippen molar-refractivity contribution in [2.45, 2.75) is 13.3 Å². The van der Waals surface area contributed by atoms with Crippen LogP contribution in [0.1, 0.15) is 13.3 Å². The van der Waals surface area contributed by atoms with Crippen LogP contribution in [0.3, 0.4) is 0 Å². The lowest BCUT2D eigenvalue weighted by Crippen LogP contribution is -2.29. The molecule has 0 aromatic heterocycles. The summed E-state index contributed by atoms with van der Waals surface area (Å²) in [5, 5.41) is 10.8. The Labute approximate surface area is 78.1 Å². The molecule has 2 N–H and O–H groups in total. The molecule has 13 heavy (non-hydrogen) atoms. The number of hydrogen-bond donors (Lipinski definition) is 2. The minimum atomic E-state index is -3.20. The molecule has 78 valence electrons. The first-order valence-electron chi connectivity index (χ1n) is 4.10. The molecule has 0 atom stereocenters. The first-order valence-corrected chi connectivity index (χ1v) is 5.92. The van der Waals surface area contributed by atoms with E-state index in [4.69, 9.17) is 5.11 Å². The molecule has 0 aliphatic heterocycles. The molecule has 0 aliphatic rings. The van der Waals surface area contributed by atoms with E-state index in [9.17, 15) is 13.2 Å². The van der Waals surface area contributed by atoms with Crippen LogP contribution < -0.4 is 5.32 Å². The van der Waals surface area contributed by atoms with Crippen molar-refractivity contribution in [1.29, 1.82) is 0 Å². The van der Waals surface area contributed by atoms with Crippen molar-refractivity contribution in [3.63, 3.8) is 0 Å². The molecule has 0 spiro atoms. The number of nitrogens with one attached hydrogen (secondary N) is 1. The lowest BCUT2D eigenvalue weighted by Gasteiger charge is -2.03. The molecule has 0 saturated heterocycles. The zero-order chi connectivity index (χ0) is 10.3. The van der Waals surface area contributed by atoms with Gasteiger partial charge in [-0.05, 0) is 0 Å². The van der Waals surface area contributed by atoms with Crippen molar-refractivity contribution in [2.24, 2.45) is 0 Å². The van der Waals surface area contributed by atoms with E-state index >= 15 is 0 Å². The van der Waals surface area contributed by atoms with Crippen molar-refractivity contribution < 1.29 is 18.3 Å². The van der Waals surface area contributed by atoms with Crippen LogP contribution in [-0.4, -0.2) is 44.1 Å². The topological polar surface area (TPSA) is 83.5 Å². The van der Waals surface area contributed by atoms with Gasteiger partial charge >= 0.3 is 0 Å². The maximum Gasteiger partial charge on any atom is 0.219 e. The lowest BCUT2D eigenvalue weighted by atomic mass is 10.4. The molecule has 0 aliphatic carbocycles. The van der Waals surface area contributed by atoms with E-state index in [1.165, 1.54) is 0 Å². The Balaban J connectivity index is 3.70. The van der Waals surface area contributed by atoms with Gasteiger partial charge in [-0.25, -0.2) is 8.42 Å². The largest absolute Gasteiger partial charge is 0.395 e. The van der Waals surface area contributed by atoms with Crippen LogP contribution >= 0.6 is 0 Å². The Morgan fingerprint density at radius 3 is 2.46 bits per heavy atom. The summed E-state index contributed by atoms with van der Waals surface area (Å²) in [5.41, 5.74) is 0. The fourth-order valence-electron chi connectivity index (χ4n) is 0.712. The van der Waals surface area contributed by atoms with E-state index in [0.29, 0.717) is 6.42 Å². The molecule has 0 saturated carbocycles. The molecule has 0 radical (unpaired) electrons. The van der Waals surface area contributed by atoms with Crippen LogP contribution in [0.2, 0.25) is 0 Å². The van der Waals surface area contributed by atoms with Gasteiger partial charge in [-0.15, -0.1) is 0 Å². The molecule has 0 unspecified atom stereocenters. The van der Waals surface area contributed by atoms with Crippen LogP contribution in [0.15, 0.2) is 0 Å². The summed E-state index contributed by atoms with van der Waals surface area (Å²) in [5.74, 6) is -0.520. The zero-order valence-corrected chi connectivity index (χ0v) is 8.43. The summed E-state index contributed by atoms with van der Waals surface area (Å²) in [7, 11) is -3.20. The van der Waals surface area contributed by atoms with Gasteiger partial charge in [0.05, 0.1) is 18.1 Å². The van der Waals surface area contributed by atoms with Gasteiger partial charge in [0.25, 0.3) is 0 Å². The molecular formula is C7H15NO4S. The fourth-order valence-corrected chi connectivity index (χ4v) is 1.61. The van der Waals surface area contributed by atoms with Gasteiger partial charge in [-0.3, -0.25) is 4.79 Å². The molecule has 0 rings (SSSR count). The van der Waals surface area contributed by atoms with Gasteiger partial charge in [0.15, 0.2) is 9.84 Å². The van der Waals surface area contributed by atoms with Crippen molar-refractivity contribution in [1.82, 2.24) is 5.32 Å². The number of aliphatic hydroxyl groups excluding tert-OH is 1. The van der Waals surface area contributed by atoms with E-state index in [0.717, 1.165) is 0 Å². The number of aliphatic hydroxyl groups is 1. The Kier molecular flexibility index (Phi) is 5.65. The average molecular weight is 209 g/mol. The number of hydrogen-bond acceptors (Lipinski definition) is 4. The first-order chi connectivity index (χ1) is 6.02. The predicted octanol–water partition coefficient (Wildman–Crippen LogP) is -1.08. The minimum absolute atomic E-state index is 0.112. The van der Waals surface area contributed by atoms with Crippen LogP contribution in [0.4, 0.5) is 0 Å². The Morgan fingerprint density at radius 1 is 1.38 bits per heavy atom. The van der Waals surface area contributed by atoms with Crippen molar-refractivity contribution in [3.05, 3.63) is 0 Å². The molecule has 0 bridgehead atoms. The predicted molar refractivity (Wildman–Crippen MR) is 49.0 cm³/mol. The summed E-state index contributed by atoms with van der Waals surface area (Å²) < 4.78 is 22.0. The normalized spacial score (nSPS) is 11.2. The molecule has 0 aromatic carbocycles. The highest BCUT2D eigenvalue weighted by atomic mass is 32.2. The zero-order valence-electron chi connectivity index (χ0n) is 7.62. The van der Waals surface area contributed by atoms with Gasteiger partial charge < -0.3 is 10.4 Å². The standard InChI is InChI=1S/C7H15NO4S/c1-2-7(10)8-3-5-13(11,12)6-4-9/h9H,2-6H2,1H3,(H,8,10). The van der Waals surface area contributed by atoms with Gasteiger partial charge in [0.1, 0.15) is 0 Å². The van der Waals surface area contributed by atoms with E-state index in [2.05, 4.69) is 5.32 Å². The molecule has 6 heteroatoms. The third-order valence-electron chi connectivity index (χ3n) is 1.46. The number of rotatable bonds is 6. The summed E-state index contributed by atoms with van der Waals surface area (Å²) >= 11 is 0. The average Bonchev–Trinajstić information content (AvgIpc) is 2.03. The summed E-state index contributed by atoms with van der Waals surface area (Å²) in [4.78, 5) is 10.7. The second kappa shape index (κ2) is 5.93. The van der Waals surface area contributed by atoms with Crippen molar-refractivity contribution >= 4 is 15.7 Å². The van der Waals surface area contributed by atoms with Crippen LogP contribution in [0.5, 0.6) is 0 Å².